The average molecular weight is 388 g/mol. The fourth-order valence-electron chi connectivity index (χ4n) is 3.34. The van der Waals surface area contributed by atoms with Crippen LogP contribution in [0.25, 0.3) is 0 Å². The van der Waals surface area contributed by atoms with Gasteiger partial charge in [0.05, 0.1) is 18.4 Å². The number of carbonyl (C=O) groups excluding carboxylic acids is 2. The first-order chi connectivity index (χ1) is 12.9. The Hall–Kier alpha value is -2.67. The summed E-state index contributed by atoms with van der Waals surface area (Å²) in [5.41, 5.74) is 0.892. The van der Waals surface area contributed by atoms with Gasteiger partial charge in [0.2, 0.25) is 0 Å². The molecule has 0 bridgehead atoms. The predicted molar refractivity (Wildman–Crippen MR) is 97.6 cm³/mol. The zero-order valence-corrected chi connectivity index (χ0v) is 15.6. The van der Waals surface area contributed by atoms with Crippen molar-refractivity contribution in [3.63, 3.8) is 0 Å². The molecular formula is C20H20O6S. The standard InChI is InChI=1S/C20H20O6S/c1-25-18(21)13-16-17(12-14-8-4-2-5-9-14)26-20(22)19(16)27(23,24)15-10-6-3-7-11-15/h2-11,16-17,19H,12-13H2,1H3/t16-,17?,19-/m1/s1. The van der Waals surface area contributed by atoms with Gasteiger partial charge in [0.1, 0.15) is 6.10 Å². The van der Waals surface area contributed by atoms with Crippen LogP contribution in [0.4, 0.5) is 0 Å². The van der Waals surface area contributed by atoms with E-state index in [1.807, 2.05) is 30.3 Å². The highest BCUT2D eigenvalue weighted by Crippen LogP contribution is 2.36. The highest BCUT2D eigenvalue weighted by Gasteiger charge is 2.52. The van der Waals surface area contributed by atoms with E-state index in [1.54, 1.807) is 18.2 Å². The van der Waals surface area contributed by atoms with E-state index in [0.29, 0.717) is 6.42 Å². The van der Waals surface area contributed by atoms with Crippen LogP contribution in [0.15, 0.2) is 65.6 Å². The lowest BCUT2D eigenvalue weighted by Gasteiger charge is -2.20. The van der Waals surface area contributed by atoms with Crippen LogP contribution in [0.3, 0.4) is 0 Å². The fraction of sp³-hybridized carbons (Fsp3) is 0.300. The second-order valence-electron chi connectivity index (χ2n) is 6.39. The van der Waals surface area contributed by atoms with E-state index in [1.165, 1.54) is 19.2 Å². The molecule has 6 nitrogen and oxygen atoms in total. The molecule has 1 aliphatic heterocycles. The third-order valence-electron chi connectivity index (χ3n) is 4.68. The number of sulfone groups is 1. The summed E-state index contributed by atoms with van der Waals surface area (Å²) in [6.45, 7) is 0. The van der Waals surface area contributed by atoms with Crippen LogP contribution in [-0.4, -0.2) is 38.8 Å². The van der Waals surface area contributed by atoms with Gasteiger partial charge < -0.3 is 9.47 Å². The number of methoxy groups -OCH3 is 1. The zero-order valence-electron chi connectivity index (χ0n) is 14.8. The molecule has 1 fully saturated rings. The van der Waals surface area contributed by atoms with E-state index in [9.17, 15) is 18.0 Å². The lowest BCUT2D eigenvalue weighted by Crippen LogP contribution is -2.36. The first-order valence-corrected chi connectivity index (χ1v) is 10.1. The average Bonchev–Trinajstić information content (AvgIpc) is 2.98. The lowest BCUT2D eigenvalue weighted by molar-refractivity contribution is -0.144. The van der Waals surface area contributed by atoms with Gasteiger partial charge in [0.25, 0.3) is 0 Å². The molecule has 142 valence electrons. The predicted octanol–water partition coefficient (Wildman–Crippen LogP) is 2.18. The van der Waals surface area contributed by atoms with E-state index in [4.69, 9.17) is 9.47 Å². The van der Waals surface area contributed by atoms with Crippen molar-refractivity contribution >= 4 is 21.8 Å². The van der Waals surface area contributed by atoms with Gasteiger partial charge in [0.15, 0.2) is 15.1 Å². The summed E-state index contributed by atoms with van der Waals surface area (Å²) in [6.07, 6.45) is -0.603. The molecule has 0 aromatic heterocycles. The first kappa shape index (κ1) is 19.1. The van der Waals surface area contributed by atoms with E-state index in [-0.39, 0.29) is 11.3 Å². The van der Waals surface area contributed by atoms with Gasteiger partial charge in [-0.05, 0) is 17.7 Å². The molecule has 0 aliphatic carbocycles. The molecule has 1 unspecified atom stereocenters. The SMILES string of the molecule is COC(=O)C[C@@H]1C(Cc2ccccc2)OC(=O)[C@@H]1S(=O)(=O)c1ccccc1. The van der Waals surface area contributed by atoms with E-state index < -0.39 is 39.0 Å². The van der Waals surface area contributed by atoms with Crippen LogP contribution in [0.1, 0.15) is 12.0 Å². The molecular weight excluding hydrogens is 368 g/mol. The van der Waals surface area contributed by atoms with Gasteiger partial charge >= 0.3 is 11.9 Å². The summed E-state index contributed by atoms with van der Waals surface area (Å²) in [7, 11) is -2.77. The van der Waals surface area contributed by atoms with Crippen LogP contribution in [0, 0.1) is 5.92 Å². The third kappa shape index (κ3) is 4.03. The number of hydrogen-bond donors (Lipinski definition) is 0. The molecule has 2 aromatic rings. The van der Waals surface area contributed by atoms with Gasteiger partial charge in [-0.2, -0.15) is 0 Å². The fourth-order valence-corrected chi connectivity index (χ4v) is 5.21. The third-order valence-corrected chi connectivity index (χ3v) is 6.82. The Morgan fingerprint density at radius 1 is 1.04 bits per heavy atom. The Morgan fingerprint density at radius 2 is 1.63 bits per heavy atom. The van der Waals surface area contributed by atoms with Gasteiger partial charge in [-0.1, -0.05) is 48.5 Å². The molecule has 2 aromatic carbocycles. The van der Waals surface area contributed by atoms with Crippen molar-refractivity contribution in [2.24, 2.45) is 5.92 Å². The highest BCUT2D eigenvalue weighted by atomic mass is 32.2. The summed E-state index contributed by atoms with van der Waals surface area (Å²) >= 11 is 0. The van der Waals surface area contributed by atoms with Gasteiger partial charge in [0, 0.05) is 12.3 Å². The molecule has 1 heterocycles. The summed E-state index contributed by atoms with van der Waals surface area (Å²) in [6, 6.07) is 17.0. The minimum Gasteiger partial charge on any atom is -0.469 e. The first-order valence-electron chi connectivity index (χ1n) is 8.53. The van der Waals surface area contributed by atoms with Crippen LogP contribution < -0.4 is 0 Å². The van der Waals surface area contributed by atoms with Gasteiger partial charge in [-0.25, -0.2) is 8.42 Å². The summed E-state index contributed by atoms with van der Waals surface area (Å²) in [5.74, 6) is -2.23. The van der Waals surface area contributed by atoms with Crippen molar-refractivity contribution in [1.82, 2.24) is 0 Å². The molecule has 0 radical (unpaired) electrons. The normalized spacial score (nSPS) is 22.3. The second kappa shape index (κ2) is 7.92. The van der Waals surface area contributed by atoms with Crippen LogP contribution in [0.2, 0.25) is 0 Å². The summed E-state index contributed by atoms with van der Waals surface area (Å²) in [5, 5.41) is -1.44. The molecule has 0 saturated carbocycles. The van der Waals surface area contributed by atoms with E-state index >= 15 is 0 Å². The molecule has 27 heavy (non-hydrogen) atoms. The van der Waals surface area contributed by atoms with Crippen molar-refractivity contribution < 1.29 is 27.5 Å². The smallest absolute Gasteiger partial charge is 0.325 e. The van der Waals surface area contributed by atoms with E-state index in [2.05, 4.69) is 0 Å². The minimum absolute atomic E-state index is 0.0298. The second-order valence-corrected chi connectivity index (χ2v) is 8.46. The minimum atomic E-state index is -4.00. The van der Waals surface area contributed by atoms with Crippen molar-refractivity contribution in [3.05, 3.63) is 66.2 Å². The maximum Gasteiger partial charge on any atom is 0.325 e. The maximum atomic E-state index is 13.1. The van der Waals surface area contributed by atoms with Crippen molar-refractivity contribution in [2.75, 3.05) is 7.11 Å². The molecule has 1 saturated heterocycles. The molecule has 7 heteroatoms. The zero-order chi connectivity index (χ0) is 19.4. The number of carbonyl (C=O) groups is 2. The highest BCUT2D eigenvalue weighted by molar-refractivity contribution is 7.92. The number of hydrogen-bond acceptors (Lipinski definition) is 6. The Labute approximate surface area is 158 Å². The largest absolute Gasteiger partial charge is 0.469 e. The van der Waals surface area contributed by atoms with Gasteiger partial charge in [-0.15, -0.1) is 0 Å². The molecule has 1 aliphatic rings. The number of cyclic esters (lactones) is 1. The number of ether oxygens (including phenoxy) is 2. The van der Waals surface area contributed by atoms with Crippen LogP contribution >= 0.6 is 0 Å². The van der Waals surface area contributed by atoms with Crippen LogP contribution in [0.5, 0.6) is 0 Å². The molecule has 0 amide bonds. The summed E-state index contributed by atoms with van der Waals surface area (Å²) < 4.78 is 36.3. The van der Waals surface area contributed by atoms with Crippen molar-refractivity contribution in [3.8, 4) is 0 Å². The van der Waals surface area contributed by atoms with Crippen LogP contribution in [-0.2, 0) is 35.3 Å². The Morgan fingerprint density at radius 3 is 2.22 bits per heavy atom. The number of rotatable bonds is 6. The van der Waals surface area contributed by atoms with Crippen molar-refractivity contribution in [1.29, 1.82) is 0 Å². The Balaban J connectivity index is 1.96. The summed E-state index contributed by atoms with van der Waals surface area (Å²) in [4.78, 5) is 24.4. The maximum absolute atomic E-state index is 13.1. The molecule has 3 atom stereocenters. The number of benzene rings is 2. The van der Waals surface area contributed by atoms with Crippen molar-refractivity contribution in [2.45, 2.75) is 29.1 Å². The molecule has 0 N–H and O–H groups in total. The Bertz CT molecular complexity index is 908. The quantitative estimate of drug-likeness (QED) is 0.705. The number of esters is 2. The monoisotopic (exact) mass is 388 g/mol. The van der Waals surface area contributed by atoms with Gasteiger partial charge in [-0.3, -0.25) is 9.59 Å². The topological polar surface area (TPSA) is 86.7 Å². The van der Waals surface area contributed by atoms with E-state index in [0.717, 1.165) is 5.56 Å². The molecule has 0 spiro atoms. The molecule has 3 rings (SSSR count). The lowest BCUT2D eigenvalue weighted by atomic mass is 9.92. The Kier molecular flexibility index (Phi) is 5.60.